The highest BCUT2D eigenvalue weighted by molar-refractivity contribution is 8.18. The third-order valence-corrected chi connectivity index (χ3v) is 4.58. The quantitative estimate of drug-likeness (QED) is 0.825. The van der Waals surface area contributed by atoms with Crippen LogP contribution in [0.15, 0.2) is 58.4 Å². The normalized spacial score (nSPS) is 17.5. The van der Waals surface area contributed by atoms with Gasteiger partial charge in [-0.15, -0.1) is 0 Å². The molecule has 3 rings (SSSR count). The van der Waals surface area contributed by atoms with Crippen LogP contribution in [0.3, 0.4) is 0 Å². The van der Waals surface area contributed by atoms with E-state index in [-0.39, 0.29) is 22.9 Å². The fourth-order valence-electron chi connectivity index (χ4n) is 2.27. The lowest BCUT2D eigenvalue weighted by molar-refractivity contribution is -0.121. The van der Waals surface area contributed by atoms with E-state index in [1.54, 1.807) is 55.6 Å². The number of rotatable bonds is 3. The van der Waals surface area contributed by atoms with Crippen molar-refractivity contribution in [3.8, 4) is 5.75 Å². The van der Waals surface area contributed by atoms with Crippen LogP contribution in [-0.2, 0) is 4.79 Å². The van der Waals surface area contributed by atoms with E-state index in [9.17, 15) is 19.8 Å². The van der Waals surface area contributed by atoms with Crippen molar-refractivity contribution < 1.29 is 19.8 Å². The number of phenolic OH excluding ortho intramolecular Hbond substituents is 1. The van der Waals surface area contributed by atoms with Gasteiger partial charge in [0.05, 0.1) is 16.2 Å². The van der Waals surface area contributed by atoms with Crippen LogP contribution in [0.4, 0.5) is 5.69 Å². The first kappa shape index (κ1) is 16.8. The largest absolute Gasteiger partial charge is 0.508 e. The molecule has 2 N–H and O–H groups in total. The van der Waals surface area contributed by atoms with Gasteiger partial charge in [-0.25, -0.2) is 9.79 Å². The number of amidine groups is 1. The standard InChI is InChI=1S/C18H14N2O4S/c1-20-16(22)15(10-11-5-4-6-12(21)9-11)25-18(20)19-14-8-3-2-7-13(14)17(23)24/h2-10,21H,1H3,(H,23,24)/b15-10-,19-18?. The van der Waals surface area contributed by atoms with Crippen LogP contribution in [0.2, 0.25) is 0 Å². The summed E-state index contributed by atoms with van der Waals surface area (Å²) in [6.07, 6.45) is 1.66. The molecule has 0 unspecified atom stereocenters. The summed E-state index contributed by atoms with van der Waals surface area (Å²) in [5.41, 5.74) is 1.05. The van der Waals surface area contributed by atoms with Crippen molar-refractivity contribution in [3.05, 3.63) is 64.6 Å². The van der Waals surface area contributed by atoms with Crippen molar-refractivity contribution in [3.63, 3.8) is 0 Å². The summed E-state index contributed by atoms with van der Waals surface area (Å²) in [5.74, 6) is -1.20. The molecule has 6 nitrogen and oxygen atoms in total. The number of carbonyl (C=O) groups is 2. The minimum atomic E-state index is -1.08. The zero-order valence-electron chi connectivity index (χ0n) is 13.2. The number of amides is 1. The van der Waals surface area contributed by atoms with Crippen molar-refractivity contribution in [2.45, 2.75) is 0 Å². The van der Waals surface area contributed by atoms with Crippen LogP contribution < -0.4 is 0 Å². The fraction of sp³-hybridized carbons (Fsp3) is 0.0556. The van der Waals surface area contributed by atoms with Gasteiger partial charge in [0.2, 0.25) is 0 Å². The predicted molar refractivity (Wildman–Crippen MR) is 96.9 cm³/mol. The molecule has 2 aromatic rings. The number of hydrogen-bond acceptors (Lipinski definition) is 5. The number of aliphatic imine (C=N–C) groups is 1. The van der Waals surface area contributed by atoms with Crippen LogP contribution in [0.5, 0.6) is 5.75 Å². The van der Waals surface area contributed by atoms with E-state index in [1.165, 1.54) is 11.0 Å². The monoisotopic (exact) mass is 354 g/mol. The summed E-state index contributed by atoms with van der Waals surface area (Å²) in [7, 11) is 1.58. The maximum atomic E-state index is 12.4. The summed E-state index contributed by atoms with van der Waals surface area (Å²) < 4.78 is 0. The van der Waals surface area contributed by atoms with E-state index in [2.05, 4.69) is 4.99 Å². The van der Waals surface area contributed by atoms with Gasteiger partial charge in [-0.05, 0) is 47.7 Å². The van der Waals surface area contributed by atoms with Gasteiger partial charge in [-0.1, -0.05) is 24.3 Å². The molecule has 1 aliphatic heterocycles. The smallest absolute Gasteiger partial charge is 0.337 e. The minimum Gasteiger partial charge on any atom is -0.508 e. The van der Waals surface area contributed by atoms with Crippen molar-refractivity contribution in [2.24, 2.45) is 4.99 Å². The second-order valence-corrected chi connectivity index (χ2v) is 6.30. The molecule has 25 heavy (non-hydrogen) atoms. The molecule has 0 spiro atoms. The Morgan fingerprint density at radius 1 is 1.20 bits per heavy atom. The molecule has 1 fully saturated rings. The third-order valence-electron chi connectivity index (χ3n) is 3.52. The number of thioether (sulfide) groups is 1. The average molecular weight is 354 g/mol. The number of aromatic carboxylic acids is 1. The summed E-state index contributed by atoms with van der Waals surface area (Å²) in [4.78, 5) is 29.8. The van der Waals surface area contributed by atoms with Gasteiger partial charge >= 0.3 is 5.97 Å². The fourth-order valence-corrected chi connectivity index (χ4v) is 3.25. The molecule has 1 saturated heterocycles. The Morgan fingerprint density at radius 2 is 1.96 bits per heavy atom. The second-order valence-electron chi connectivity index (χ2n) is 5.29. The molecule has 0 aromatic heterocycles. The van der Waals surface area contributed by atoms with Crippen LogP contribution in [0, 0.1) is 0 Å². The number of benzene rings is 2. The van der Waals surface area contributed by atoms with Gasteiger partial charge in [0, 0.05) is 7.05 Å². The number of carbonyl (C=O) groups excluding carboxylic acids is 1. The van der Waals surface area contributed by atoms with Gasteiger partial charge in [-0.3, -0.25) is 9.69 Å². The molecule has 126 valence electrons. The SMILES string of the molecule is CN1C(=O)/C(=C/c2cccc(O)c2)SC1=Nc1ccccc1C(=O)O. The van der Waals surface area contributed by atoms with Gasteiger partial charge in [0.25, 0.3) is 5.91 Å². The van der Waals surface area contributed by atoms with E-state index < -0.39 is 5.97 Å². The Kier molecular flexibility index (Phi) is 4.58. The van der Waals surface area contributed by atoms with Crippen LogP contribution in [0.25, 0.3) is 6.08 Å². The van der Waals surface area contributed by atoms with E-state index in [0.29, 0.717) is 15.6 Å². The summed E-state index contributed by atoms with van der Waals surface area (Å²) in [6, 6.07) is 12.9. The highest BCUT2D eigenvalue weighted by Crippen LogP contribution is 2.34. The summed E-state index contributed by atoms with van der Waals surface area (Å²) >= 11 is 1.16. The Bertz CT molecular complexity index is 921. The van der Waals surface area contributed by atoms with Crippen LogP contribution in [-0.4, -0.2) is 39.2 Å². The first-order chi connectivity index (χ1) is 12.0. The molecule has 2 aromatic carbocycles. The topological polar surface area (TPSA) is 90.2 Å². The number of para-hydroxylation sites is 1. The Balaban J connectivity index is 1.95. The molecule has 1 amide bonds. The van der Waals surface area contributed by atoms with Crippen molar-refractivity contribution in [1.29, 1.82) is 0 Å². The third kappa shape index (κ3) is 3.56. The second kappa shape index (κ2) is 6.82. The highest BCUT2D eigenvalue weighted by atomic mass is 32.2. The molecular weight excluding hydrogens is 340 g/mol. The van der Waals surface area contributed by atoms with Gasteiger partial charge in [0.15, 0.2) is 5.17 Å². The Hall–Kier alpha value is -3.06. The first-order valence-electron chi connectivity index (χ1n) is 7.33. The number of hydrogen-bond donors (Lipinski definition) is 2. The zero-order chi connectivity index (χ0) is 18.0. The van der Waals surface area contributed by atoms with E-state index in [1.807, 2.05) is 0 Å². The molecule has 0 atom stereocenters. The Labute approximate surface area is 148 Å². The number of likely N-dealkylation sites (N-methyl/N-ethyl adjacent to an activating group) is 1. The summed E-state index contributed by atoms with van der Waals surface area (Å²) in [6.45, 7) is 0. The molecule has 0 bridgehead atoms. The first-order valence-corrected chi connectivity index (χ1v) is 8.15. The maximum absolute atomic E-state index is 12.4. The number of carboxylic acids is 1. The maximum Gasteiger partial charge on any atom is 0.337 e. The van der Waals surface area contributed by atoms with E-state index in [0.717, 1.165) is 11.8 Å². The van der Waals surface area contributed by atoms with Crippen molar-refractivity contribution in [1.82, 2.24) is 4.90 Å². The average Bonchev–Trinajstić information content (AvgIpc) is 2.83. The van der Waals surface area contributed by atoms with Gasteiger partial charge in [-0.2, -0.15) is 0 Å². The molecular formula is C18H14N2O4S. The van der Waals surface area contributed by atoms with Crippen molar-refractivity contribution in [2.75, 3.05) is 7.05 Å². The summed E-state index contributed by atoms with van der Waals surface area (Å²) in [5, 5.41) is 19.2. The van der Waals surface area contributed by atoms with E-state index >= 15 is 0 Å². The molecule has 0 saturated carbocycles. The lowest BCUT2D eigenvalue weighted by atomic mass is 10.2. The van der Waals surface area contributed by atoms with Gasteiger partial charge < -0.3 is 10.2 Å². The lowest BCUT2D eigenvalue weighted by Gasteiger charge is -2.08. The van der Waals surface area contributed by atoms with Gasteiger partial charge in [0.1, 0.15) is 5.75 Å². The molecule has 0 aliphatic carbocycles. The molecule has 7 heteroatoms. The predicted octanol–water partition coefficient (Wildman–Crippen LogP) is 3.32. The van der Waals surface area contributed by atoms with E-state index in [4.69, 9.17) is 0 Å². The number of phenols is 1. The number of aromatic hydroxyl groups is 1. The van der Waals surface area contributed by atoms with Crippen molar-refractivity contribution >= 4 is 40.6 Å². The highest BCUT2D eigenvalue weighted by Gasteiger charge is 2.30. The minimum absolute atomic E-state index is 0.0712. The molecule has 1 heterocycles. The lowest BCUT2D eigenvalue weighted by Crippen LogP contribution is -2.23. The molecule has 0 radical (unpaired) electrons. The Morgan fingerprint density at radius 3 is 2.68 bits per heavy atom. The van der Waals surface area contributed by atoms with Crippen LogP contribution >= 0.6 is 11.8 Å². The molecule has 1 aliphatic rings. The van der Waals surface area contributed by atoms with Crippen LogP contribution in [0.1, 0.15) is 15.9 Å². The zero-order valence-corrected chi connectivity index (χ0v) is 14.0. The number of carboxylic acid groups (broad SMARTS) is 1. The number of nitrogens with zero attached hydrogens (tertiary/aromatic N) is 2.